The normalized spacial score (nSPS) is 11.4. The van der Waals surface area contributed by atoms with E-state index in [0.717, 1.165) is 0 Å². The first kappa shape index (κ1) is 13.9. The van der Waals surface area contributed by atoms with E-state index < -0.39 is 17.3 Å². The molecule has 0 radical (unpaired) electrons. The zero-order valence-electron chi connectivity index (χ0n) is 10.00. The third-order valence-electron chi connectivity index (χ3n) is 2.15. The molecule has 0 aliphatic rings. The number of carbonyl (C=O) groups excluding carboxylic acids is 1. The second-order valence-electron chi connectivity index (χ2n) is 4.58. The number of rotatable bonds is 3. The summed E-state index contributed by atoms with van der Waals surface area (Å²) in [6, 6.07) is 4.07. The second-order valence-corrected chi connectivity index (χ2v) is 4.95. The largest absolute Gasteiger partial charge is 0.389 e. The Morgan fingerprint density at radius 3 is 2.65 bits per heavy atom. The summed E-state index contributed by atoms with van der Waals surface area (Å²) >= 11 is 5.72. The minimum absolute atomic E-state index is 0.0958. The van der Waals surface area contributed by atoms with E-state index in [1.165, 1.54) is 30.1 Å². The molecule has 1 aromatic carbocycles. The molecule has 0 saturated carbocycles. The van der Waals surface area contributed by atoms with Crippen LogP contribution in [0.2, 0.25) is 5.02 Å². The highest BCUT2D eigenvalue weighted by Gasteiger charge is 2.22. The number of aliphatic hydroxyl groups is 1. The van der Waals surface area contributed by atoms with Gasteiger partial charge in [-0.1, -0.05) is 17.7 Å². The maximum Gasteiger partial charge on any atom is 0.255 e. The van der Waals surface area contributed by atoms with Crippen molar-refractivity contribution in [1.82, 2.24) is 4.90 Å². The number of nitrogens with zero attached hydrogens (tertiary/aromatic N) is 1. The smallest absolute Gasteiger partial charge is 0.255 e. The van der Waals surface area contributed by atoms with E-state index in [-0.39, 0.29) is 17.1 Å². The van der Waals surface area contributed by atoms with Gasteiger partial charge in [-0.15, -0.1) is 0 Å². The number of carbonyl (C=O) groups is 1. The van der Waals surface area contributed by atoms with Gasteiger partial charge in [-0.2, -0.15) is 0 Å². The van der Waals surface area contributed by atoms with Crippen molar-refractivity contribution in [2.45, 2.75) is 19.4 Å². The van der Waals surface area contributed by atoms with E-state index in [4.69, 9.17) is 11.6 Å². The molecule has 1 N–H and O–H groups in total. The van der Waals surface area contributed by atoms with Gasteiger partial charge in [0.1, 0.15) is 5.82 Å². The fourth-order valence-electron chi connectivity index (χ4n) is 1.53. The predicted octanol–water partition coefficient (Wildman–Crippen LogP) is 2.32. The van der Waals surface area contributed by atoms with Crippen LogP contribution < -0.4 is 0 Å². The third kappa shape index (κ3) is 3.68. The van der Waals surface area contributed by atoms with Crippen LogP contribution in [0.25, 0.3) is 0 Å². The topological polar surface area (TPSA) is 40.5 Å². The first-order valence-corrected chi connectivity index (χ1v) is 5.52. The zero-order valence-corrected chi connectivity index (χ0v) is 10.8. The van der Waals surface area contributed by atoms with Gasteiger partial charge in [-0.3, -0.25) is 4.79 Å². The Balaban J connectivity index is 2.93. The van der Waals surface area contributed by atoms with Crippen LogP contribution in [0.5, 0.6) is 0 Å². The highest BCUT2D eigenvalue weighted by atomic mass is 35.5. The quantitative estimate of drug-likeness (QED) is 0.905. The van der Waals surface area contributed by atoms with Crippen LogP contribution >= 0.6 is 11.6 Å². The summed E-state index contributed by atoms with van der Waals surface area (Å²) in [7, 11) is 1.53. The van der Waals surface area contributed by atoms with Crippen molar-refractivity contribution >= 4 is 17.5 Å². The van der Waals surface area contributed by atoms with Gasteiger partial charge in [0.05, 0.1) is 16.2 Å². The van der Waals surface area contributed by atoms with Gasteiger partial charge in [-0.05, 0) is 26.0 Å². The van der Waals surface area contributed by atoms with Gasteiger partial charge in [0.25, 0.3) is 5.91 Å². The van der Waals surface area contributed by atoms with Crippen LogP contribution in [0.4, 0.5) is 4.39 Å². The van der Waals surface area contributed by atoms with Gasteiger partial charge in [0.2, 0.25) is 0 Å². The van der Waals surface area contributed by atoms with Crippen molar-refractivity contribution in [2.24, 2.45) is 0 Å². The Bertz CT molecular complexity index is 429. The summed E-state index contributed by atoms with van der Waals surface area (Å²) in [6.07, 6.45) is 0. The van der Waals surface area contributed by atoms with Gasteiger partial charge in [0, 0.05) is 13.6 Å². The van der Waals surface area contributed by atoms with E-state index in [1.54, 1.807) is 13.8 Å². The average molecular weight is 260 g/mol. The molecule has 1 aromatic rings. The van der Waals surface area contributed by atoms with Crippen molar-refractivity contribution < 1.29 is 14.3 Å². The fraction of sp³-hybridized carbons (Fsp3) is 0.417. The lowest BCUT2D eigenvalue weighted by Crippen LogP contribution is -2.39. The third-order valence-corrected chi connectivity index (χ3v) is 2.54. The molecule has 17 heavy (non-hydrogen) atoms. The number of hydrogen-bond acceptors (Lipinski definition) is 2. The van der Waals surface area contributed by atoms with Crippen LogP contribution in [0.3, 0.4) is 0 Å². The number of hydrogen-bond donors (Lipinski definition) is 1. The minimum Gasteiger partial charge on any atom is -0.389 e. The molecular formula is C12H15ClFNO2. The van der Waals surface area contributed by atoms with E-state index in [1.807, 2.05) is 0 Å². The maximum atomic E-state index is 13.2. The molecule has 0 aliphatic carbocycles. The Kier molecular flexibility index (Phi) is 4.11. The van der Waals surface area contributed by atoms with Gasteiger partial charge >= 0.3 is 0 Å². The molecule has 0 heterocycles. The molecule has 0 unspecified atom stereocenters. The lowest BCUT2D eigenvalue weighted by Gasteiger charge is -2.25. The summed E-state index contributed by atoms with van der Waals surface area (Å²) in [6.45, 7) is 3.31. The zero-order chi connectivity index (χ0) is 13.2. The molecule has 0 saturated heterocycles. The molecule has 5 heteroatoms. The minimum atomic E-state index is -1.01. The first-order valence-electron chi connectivity index (χ1n) is 5.14. The lowest BCUT2D eigenvalue weighted by molar-refractivity contribution is 0.0368. The standard InChI is InChI=1S/C12H15ClFNO2/c1-12(2,17)7-15(3)11(16)8-5-4-6-9(14)10(8)13/h4-6,17H,7H2,1-3H3. The molecule has 0 atom stereocenters. The van der Waals surface area contributed by atoms with E-state index in [2.05, 4.69) is 0 Å². The molecule has 0 spiro atoms. The first-order chi connectivity index (χ1) is 7.72. The number of benzene rings is 1. The van der Waals surface area contributed by atoms with Crippen molar-refractivity contribution in [3.8, 4) is 0 Å². The summed E-state index contributed by atoms with van der Waals surface area (Å²) in [5, 5.41) is 9.41. The maximum absolute atomic E-state index is 13.2. The molecule has 3 nitrogen and oxygen atoms in total. The number of amides is 1. The van der Waals surface area contributed by atoms with E-state index in [0.29, 0.717) is 0 Å². The molecule has 1 rings (SSSR count). The SMILES string of the molecule is CN(CC(C)(C)O)C(=O)c1cccc(F)c1Cl. The predicted molar refractivity (Wildman–Crippen MR) is 64.7 cm³/mol. The van der Waals surface area contributed by atoms with Gasteiger partial charge in [-0.25, -0.2) is 4.39 Å². The molecule has 0 fully saturated rings. The molecule has 0 aliphatic heterocycles. The van der Waals surface area contributed by atoms with Crippen LogP contribution in [0, 0.1) is 5.82 Å². The van der Waals surface area contributed by atoms with Crippen LogP contribution in [-0.4, -0.2) is 35.1 Å². The summed E-state index contributed by atoms with van der Waals surface area (Å²) in [5.41, 5.74) is -0.914. The molecule has 94 valence electrons. The highest BCUT2D eigenvalue weighted by Crippen LogP contribution is 2.21. The van der Waals surface area contributed by atoms with Crippen molar-refractivity contribution in [3.05, 3.63) is 34.6 Å². The van der Waals surface area contributed by atoms with Crippen LogP contribution in [0.15, 0.2) is 18.2 Å². The number of likely N-dealkylation sites (N-methyl/N-ethyl adjacent to an activating group) is 1. The molecule has 1 amide bonds. The summed E-state index contributed by atoms with van der Waals surface area (Å²) in [5.74, 6) is -1.05. The number of halogens is 2. The Labute approximate surface area is 105 Å². The Morgan fingerprint density at radius 2 is 2.12 bits per heavy atom. The Hall–Kier alpha value is -1.13. The Morgan fingerprint density at radius 1 is 1.53 bits per heavy atom. The lowest BCUT2D eigenvalue weighted by atomic mass is 10.1. The summed E-state index contributed by atoms with van der Waals surface area (Å²) in [4.78, 5) is 13.3. The van der Waals surface area contributed by atoms with Gasteiger partial charge < -0.3 is 10.0 Å². The molecule has 0 aromatic heterocycles. The monoisotopic (exact) mass is 259 g/mol. The van der Waals surface area contributed by atoms with Crippen LogP contribution in [0.1, 0.15) is 24.2 Å². The highest BCUT2D eigenvalue weighted by molar-refractivity contribution is 6.33. The van der Waals surface area contributed by atoms with Crippen molar-refractivity contribution in [3.63, 3.8) is 0 Å². The van der Waals surface area contributed by atoms with Crippen LogP contribution in [-0.2, 0) is 0 Å². The van der Waals surface area contributed by atoms with Crippen molar-refractivity contribution in [2.75, 3.05) is 13.6 Å². The summed E-state index contributed by atoms with van der Waals surface area (Å²) < 4.78 is 13.2. The van der Waals surface area contributed by atoms with E-state index in [9.17, 15) is 14.3 Å². The van der Waals surface area contributed by atoms with E-state index >= 15 is 0 Å². The van der Waals surface area contributed by atoms with Gasteiger partial charge in [0.15, 0.2) is 0 Å². The second kappa shape index (κ2) is 5.02. The molecule has 0 bridgehead atoms. The van der Waals surface area contributed by atoms with Crippen molar-refractivity contribution in [1.29, 1.82) is 0 Å². The average Bonchev–Trinajstić information content (AvgIpc) is 2.18. The molecular weight excluding hydrogens is 245 g/mol. The fourth-order valence-corrected chi connectivity index (χ4v) is 1.73.